The third kappa shape index (κ3) is 2.29. The molecular formula is C9H12F3NO. The number of nitrogens with two attached hydrogens (primary N) is 1. The zero-order valence-corrected chi connectivity index (χ0v) is 7.93. The largest absolute Gasteiger partial charge is 0.455 e. The van der Waals surface area contributed by atoms with Crippen LogP contribution in [0.15, 0.2) is 16.5 Å². The van der Waals surface area contributed by atoms with E-state index in [0.717, 1.165) is 6.07 Å². The van der Waals surface area contributed by atoms with Crippen LogP contribution in [0.5, 0.6) is 0 Å². The number of rotatable bonds is 2. The first kappa shape index (κ1) is 11.1. The van der Waals surface area contributed by atoms with Crippen LogP contribution in [-0.4, -0.2) is 0 Å². The zero-order chi connectivity index (χ0) is 10.9. The van der Waals surface area contributed by atoms with Gasteiger partial charge in [0.1, 0.15) is 5.76 Å². The molecule has 0 aliphatic heterocycles. The summed E-state index contributed by atoms with van der Waals surface area (Å²) in [6.45, 7) is 3.64. The Morgan fingerprint density at radius 2 is 1.86 bits per heavy atom. The molecule has 1 rings (SSSR count). The van der Waals surface area contributed by atoms with Gasteiger partial charge in [-0.25, -0.2) is 0 Å². The number of furan rings is 1. The Morgan fingerprint density at radius 1 is 1.29 bits per heavy atom. The summed E-state index contributed by atoms with van der Waals surface area (Å²) in [6.07, 6.45) is -4.44. The van der Waals surface area contributed by atoms with Crippen LogP contribution in [0.2, 0.25) is 0 Å². The van der Waals surface area contributed by atoms with Gasteiger partial charge in [0.15, 0.2) is 0 Å². The molecule has 80 valence electrons. The van der Waals surface area contributed by atoms with E-state index in [9.17, 15) is 13.2 Å². The Morgan fingerprint density at radius 3 is 2.21 bits per heavy atom. The molecule has 0 saturated carbocycles. The third-order valence-electron chi connectivity index (χ3n) is 1.95. The molecule has 14 heavy (non-hydrogen) atoms. The molecule has 5 heteroatoms. The summed E-state index contributed by atoms with van der Waals surface area (Å²) in [5.41, 5.74) is 5.63. The molecule has 0 aliphatic carbocycles. The average molecular weight is 207 g/mol. The van der Waals surface area contributed by atoms with Gasteiger partial charge in [0, 0.05) is 0 Å². The molecular weight excluding hydrogens is 195 g/mol. The second-order valence-corrected chi connectivity index (χ2v) is 3.47. The lowest BCUT2D eigenvalue weighted by Crippen LogP contribution is -2.15. The topological polar surface area (TPSA) is 39.2 Å². The fraction of sp³-hybridized carbons (Fsp3) is 0.556. The maximum absolute atomic E-state index is 12.1. The van der Waals surface area contributed by atoms with Gasteiger partial charge < -0.3 is 10.2 Å². The molecule has 0 amide bonds. The molecule has 2 nitrogen and oxygen atoms in total. The Balaban J connectivity index is 2.89. The predicted octanol–water partition coefficient (Wildman–Crippen LogP) is 2.95. The monoisotopic (exact) mass is 207 g/mol. The first-order valence-corrected chi connectivity index (χ1v) is 4.25. The number of hydrogen-bond donors (Lipinski definition) is 1. The van der Waals surface area contributed by atoms with Crippen LogP contribution in [0.25, 0.3) is 0 Å². The molecule has 0 fully saturated rings. The third-order valence-corrected chi connectivity index (χ3v) is 1.95. The minimum Gasteiger partial charge on any atom is -0.455 e. The minimum atomic E-state index is -4.44. The van der Waals surface area contributed by atoms with Crippen molar-refractivity contribution in [2.75, 3.05) is 0 Å². The molecule has 1 atom stereocenters. The molecule has 1 aromatic rings. The Hall–Kier alpha value is -0.970. The van der Waals surface area contributed by atoms with Gasteiger partial charge >= 0.3 is 6.18 Å². The highest BCUT2D eigenvalue weighted by molar-refractivity contribution is 5.12. The van der Waals surface area contributed by atoms with E-state index < -0.39 is 18.0 Å². The van der Waals surface area contributed by atoms with Crippen LogP contribution < -0.4 is 5.73 Å². The summed E-state index contributed by atoms with van der Waals surface area (Å²) in [6, 6.07) is 1.68. The molecule has 0 saturated heterocycles. The van der Waals surface area contributed by atoms with E-state index in [1.807, 2.05) is 13.8 Å². The van der Waals surface area contributed by atoms with Gasteiger partial charge in [0.05, 0.1) is 6.04 Å². The van der Waals surface area contributed by atoms with Crippen LogP contribution in [0.3, 0.4) is 0 Å². The standard InChI is InChI=1S/C9H12F3NO/c1-5(2)8(13)6-3-4-7(14-6)9(10,11)12/h3-5,8H,13H2,1-2H3/t8-/m0/s1. The fourth-order valence-corrected chi connectivity index (χ4v) is 1.01. The van der Waals surface area contributed by atoms with E-state index >= 15 is 0 Å². The van der Waals surface area contributed by atoms with Crippen LogP contribution >= 0.6 is 0 Å². The van der Waals surface area contributed by atoms with E-state index in [4.69, 9.17) is 5.73 Å². The van der Waals surface area contributed by atoms with E-state index in [-0.39, 0.29) is 11.7 Å². The van der Waals surface area contributed by atoms with Crippen molar-refractivity contribution in [3.63, 3.8) is 0 Å². The number of hydrogen-bond acceptors (Lipinski definition) is 2. The highest BCUT2D eigenvalue weighted by Gasteiger charge is 2.35. The first-order valence-electron chi connectivity index (χ1n) is 4.25. The van der Waals surface area contributed by atoms with E-state index in [1.165, 1.54) is 6.07 Å². The Bertz CT molecular complexity index is 303. The fourth-order valence-electron chi connectivity index (χ4n) is 1.01. The SMILES string of the molecule is CC(C)[C@H](N)c1ccc(C(F)(F)F)o1. The van der Waals surface area contributed by atoms with Crippen LogP contribution in [0.1, 0.15) is 31.4 Å². The smallest absolute Gasteiger partial charge is 0.449 e. The van der Waals surface area contributed by atoms with E-state index in [2.05, 4.69) is 4.42 Å². The van der Waals surface area contributed by atoms with Crippen LogP contribution in [0, 0.1) is 5.92 Å². The van der Waals surface area contributed by atoms with Crippen molar-refractivity contribution in [3.8, 4) is 0 Å². The number of alkyl halides is 3. The van der Waals surface area contributed by atoms with Gasteiger partial charge in [-0.3, -0.25) is 0 Å². The van der Waals surface area contributed by atoms with Crippen molar-refractivity contribution >= 4 is 0 Å². The maximum Gasteiger partial charge on any atom is 0.449 e. The summed E-state index contributed by atoms with van der Waals surface area (Å²) in [5, 5.41) is 0. The van der Waals surface area contributed by atoms with Gasteiger partial charge in [-0.15, -0.1) is 0 Å². The van der Waals surface area contributed by atoms with Gasteiger partial charge in [0.25, 0.3) is 0 Å². The zero-order valence-electron chi connectivity index (χ0n) is 7.93. The summed E-state index contributed by atoms with van der Waals surface area (Å²) >= 11 is 0. The number of halogens is 3. The van der Waals surface area contributed by atoms with Crippen molar-refractivity contribution in [2.24, 2.45) is 11.7 Å². The second-order valence-electron chi connectivity index (χ2n) is 3.47. The van der Waals surface area contributed by atoms with Crippen molar-refractivity contribution in [2.45, 2.75) is 26.1 Å². The quantitative estimate of drug-likeness (QED) is 0.809. The van der Waals surface area contributed by atoms with Gasteiger partial charge in [-0.2, -0.15) is 13.2 Å². The molecule has 0 bridgehead atoms. The highest BCUT2D eigenvalue weighted by atomic mass is 19.4. The summed E-state index contributed by atoms with van der Waals surface area (Å²) in [5.74, 6) is -0.779. The van der Waals surface area contributed by atoms with Gasteiger partial charge in [-0.1, -0.05) is 13.8 Å². The van der Waals surface area contributed by atoms with E-state index in [1.54, 1.807) is 0 Å². The van der Waals surface area contributed by atoms with Crippen molar-refractivity contribution in [3.05, 3.63) is 23.7 Å². The summed E-state index contributed by atoms with van der Waals surface area (Å²) in [7, 11) is 0. The molecule has 2 N–H and O–H groups in total. The second kappa shape index (κ2) is 3.65. The first-order chi connectivity index (χ1) is 6.32. The molecule has 0 aliphatic rings. The predicted molar refractivity (Wildman–Crippen MR) is 45.5 cm³/mol. The van der Waals surface area contributed by atoms with Crippen LogP contribution in [-0.2, 0) is 6.18 Å². The lowest BCUT2D eigenvalue weighted by atomic mass is 10.0. The molecule has 0 aromatic carbocycles. The van der Waals surface area contributed by atoms with E-state index in [0.29, 0.717) is 0 Å². The average Bonchev–Trinajstić information content (AvgIpc) is 2.49. The molecule has 0 spiro atoms. The molecule has 1 heterocycles. The minimum absolute atomic E-state index is 0.0437. The summed E-state index contributed by atoms with van der Waals surface area (Å²) in [4.78, 5) is 0. The van der Waals surface area contributed by atoms with Crippen molar-refractivity contribution in [1.29, 1.82) is 0 Å². The highest BCUT2D eigenvalue weighted by Crippen LogP contribution is 2.32. The normalized spacial score (nSPS) is 14.8. The van der Waals surface area contributed by atoms with Gasteiger partial charge in [-0.05, 0) is 18.1 Å². The molecule has 1 aromatic heterocycles. The molecule has 0 unspecified atom stereocenters. The van der Waals surface area contributed by atoms with Gasteiger partial charge in [0.2, 0.25) is 5.76 Å². The summed E-state index contributed by atoms with van der Waals surface area (Å²) < 4.78 is 41.0. The lowest BCUT2D eigenvalue weighted by molar-refractivity contribution is -0.153. The maximum atomic E-state index is 12.1. The Labute approximate surface area is 79.9 Å². The van der Waals surface area contributed by atoms with Crippen molar-refractivity contribution < 1.29 is 17.6 Å². The lowest BCUT2D eigenvalue weighted by Gasteiger charge is -2.12. The molecule has 0 radical (unpaired) electrons. The van der Waals surface area contributed by atoms with Crippen LogP contribution in [0.4, 0.5) is 13.2 Å². The Kier molecular flexibility index (Phi) is 2.89. The van der Waals surface area contributed by atoms with Crippen molar-refractivity contribution in [1.82, 2.24) is 0 Å².